The summed E-state index contributed by atoms with van der Waals surface area (Å²) in [4.78, 5) is 0. The van der Waals surface area contributed by atoms with Crippen molar-refractivity contribution in [3.8, 4) is 11.8 Å². The summed E-state index contributed by atoms with van der Waals surface area (Å²) in [5.74, 6) is 0.612. The van der Waals surface area contributed by atoms with E-state index in [9.17, 15) is 5.11 Å². The third-order valence-electron chi connectivity index (χ3n) is 3.17. The zero-order valence-electron chi connectivity index (χ0n) is 12.5. The van der Waals surface area contributed by atoms with Crippen LogP contribution < -0.4 is 4.74 Å². The van der Waals surface area contributed by atoms with E-state index in [1.165, 1.54) is 0 Å². The predicted octanol–water partition coefficient (Wildman–Crippen LogP) is 2.82. The predicted molar refractivity (Wildman–Crippen MR) is 83.5 cm³/mol. The smallest absolute Gasteiger partial charge is 0.123 e. The lowest BCUT2D eigenvalue weighted by molar-refractivity contribution is 0.00537. The number of aryl methyl sites for hydroxylation is 1. The largest absolute Gasteiger partial charge is 0.490 e. The molecule has 0 spiro atoms. The molecule has 114 valence electrons. The summed E-state index contributed by atoms with van der Waals surface area (Å²) in [7, 11) is 0. The Hall–Kier alpha value is -2.35. The van der Waals surface area contributed by atoms with Crippen LogP contribution in [0.15, 0.2) is 48.5 Å². The number of nitrogens with zero attached hydrogens (tertiary/aromatic N) is 1. The number of nitriles is 1. The zero-order chi connectivity index (χ0) is 15.8. The van der Waals surface area contributed by atoms with Gasteiger partial charge in [-0.3, -0.25) is 0 Å². The first-order chi connectivity index (χ1) is 10.7. The third-order valence-corrected chi connectivity index (χ3v) is 3.17. The van der Waals surface area contributed by atoms with Gasteiger partial charge in [0.25, 0.3) is 0 Å². The van der Waals surface area contributed by atoms with Gasteiger partial charge in [0, 0.05) is 0 Å². The summed E-state index contributed by atoms with van der Waals surface area (Å²) >= 11 is 0. The van der Waals surface area contributed by atoms with Crippen molar-refractivity contribution in [3.63, 3.8) is 0 Å². The summed E-state index contributed by atoms with van der Waals surface area (Å²) in [5, 5.41) is 18.8. The molecule has 2 aromatic carbocycles. The first-order valence-corrected chi connectivity index (χ1v) is 7.12. The zero-order valence-corrected chi connectivity index (χ0v) is 12.5. The number of ether oxygens (including phenoxy) is 2. The van der Waals surface area contributed by atoms with E-state index in [1.54, 1.807) is 12.1 Å². The van der Waals surface area contributed by atoms with Crippen LogP contribution in [0, 0.1) is 18.3 Å². The molecule has 22 heavy (non-hydrogen) atoms. The van der Waals surface area contributed by atoms with Crippen molar-refractivity contribution in [1.29, 1.82) is 5.26 Å². The van der Waals surface area contributed by atoms with E-state index in [0.29, 0.717) is 17.9 Å². The molecule has 2 rings (SSSR count). The number of rotatable bonds is 7. The van der Waals surface area contributed by atoms with Gasteiger partial charge >= 0.3 is 0 Å². The van der Waals surface area contributed by atoms with Gasteiger partial charge in [-0.15, -0.1) is 0 Å². The molecule has 0 aliphatic heterocycles. The second-order valence-corrected chi connectivity index (χ2v) is 5.06. The Bertz CT molecular complexity index is 635. The summed E-state index contributed by atoms with van der Waals surface area (Å²) in [6.07, 6.45) is -0.714. The first kappa shape index (κ1) is 16.0. The third kappa shape index (κ3) is 4.88. The summed E-state index contributed by atoms with van der Waals surface area (Å²) in [6, 6.07) is 17.1. The molecule has 1 atom stereocenters. The highest BCUT2D eigenvalue weighted by Crippen LogP contribution is 2.19. The lowest BCUT2D eigenvalue weighted by atomic mass is 10.1. The molecule has 0 saturated heterocycles. The monoisotopic (exact) mass is 297 g/mol. The van der Waals surface area contributed by atoms with Crippen LogP contribution in [-0.4, -0.2) is 24.4 Å². The lowest BCUT2D eigenvalue weighted by Gasteiger charge is -2.14. The highest BCUT2D eigenvalue weighted by atomic mass is 16.5. The molecule has 4 heteroatoms. The highest BCUT2D eigenvalue weighted by Gasteiger charge is 2.08. The Morgan fingerprint density at radius 3 is 2.64 bits per heavy atom. The molecule has 0 fully saturated rings. The van der Waals surface area contributed by atoms with Crippen LogP contribution in [0.25, 0.3) is 0 Å². The van der Waals surface area contributed by atoms with Crippen molar-refractivity contribution in [2.75, 3.05) is 13.2 Å². The summed E-state index contributed by atoms with van der Waals surface area (Å²) in [6.45, 7) is 2.69. The van der Waals surface area contributed by atoms with E-state index < -0.39 is 6.10 Å². The molecule has 0 aromatic heterocycles. The molecular weight excluding hydrogens is 278 g/mol. The topological polar surface area (TPSA) is 62.5 Å². The number of aliphatic hydroxyl groups excluding tert-OH is 1. The van der Waals surface area contributed by atoms with Gasteiger partial charge in [0.2, 0.25) is 0 Å². The summed E-state index contributed by atoms with van der Waals surface area (Å²) in [5.41, 5.74) is 2.53. The van der Waals surface area contributed by atoms with Crippen molar-refractivity contribution in [3.05, 3.63) is 65.2 Å². The minimum absolute atomic E-state index is 0.129. The maximum absolute atomic E-state index is 9.89. The normalized spacial score (nSPS) is 11.7. The van der Waals surface area contributed by atoms with Gasteiger partial charge in [-0.05, 0) is 30.2 Å². The maximum atomic E-state index is 9.89. The van der Waals surface area contributed by atoms with Crippen LogP contribution in [0.2, 0.25) is 0 Å². The molecule has 0 aliphatic carbocycles. The van der Waals surface area contributed by atoms with Crippen molar-refractivity contribution >= 4 is 0 Å². The van der Waals surface area contributed by atoms with Crippen LogP contribution in [0.5, 0.6) is 5.75 Å². The first-order valence-electron chi connectivity index (χ1n) is 7.12. The van der Waals surface area contributed by atoms with Crippen molar-refractivity contribution in [2.24, 2.45) is 0 Å². The Labute approximate surface area is 130 Å². The number of hydrogen-bond acceptors (Lipinski definition) is 4. The molecule has 0 amide bonds. The molecule has 0 aliphatic rings. The molecule has 1 unspecified atom stereocenters. The van der Waals surface area contributed by atoms with Gasteiger partial charge in [0.1, 0.15) is 18.5 Å². The average Bonchev–Trinajstić information content (AvgIpc) is 2.55. The molecule has 0 radical (unpaired) electrons. The Morgan fingerprint density at radius 1 is 1.14 bits per heavy atom. The number of aliphatic hydroxyl groups is 1. The number of hydrogen-bond donors (Lipinski definition) is 1. The van der Waals surface area contributed by atoms with Crippen molar-refractivity contribution < 1.29 is 14.6 Å². The Kier molecular flexibility index (Phi) is 5.96. The average molecular weight is 297 g/mol. The molecule has 1 N–H and O–H groups in total. The lowest BCUT2D eigenvalue weighted by Crippen LogP contribution is -2.23. The van der Waals surface area contributed by atoms with E-state index in [2.05, 4.69) is 6.07 Å². The van der Waals surface area contributed by atoms with E-state index in [-0.39, 0.29) is 13.2 Å². The minimum Gasteiger partial charge on any atom is -0.490 e. The quantitative estimate of drug-likeness (QED) is 0.853. The van der Waals surface area contributed by atoms with Gasteiger partial charge in [-0.1, -0.05) is 36.4 Å². The fraction of sp³-hybridized carbons (Fsp3) is 0.278. The van der Waals surface area contributed by atoms with E-state index in [0.717, 1.165) is 11.1 Å². The van der Waals surface area contributed by atoms with Crippen LogP contribution in [0.1, 0.15) is 16.7 Å². The second kappa shape index (κ2) is 8.18. The van der Waals surface area contributed by atoms with Gasteiger partial charge in [0.15, 0.2) is 0 Å². The van der Waals surface area contributed by atoms with E-state index in [4.69, 9.17) is 14.7 Å². The van der Waals surface area contributed by atoms with Crippen molar-refractivity contribution in [1.82, 2.24) is 0 Å². The minimum atomic E-state index is -0.714. The molecule has 4 nitrogen and oxygen atoms in total. The van der Waals surface area contributed by atoms with Gasteiger partial charge in [-0.2, -0.15) is 5.26 Å². The van der Waals surface area contributed by atoms with Crippen LogP contribution >= 0.6 is 0 Å². The second-order valence-electron chi connectivity index (χ2n) is 5.06. The van der Waals surface area contributed by atoms with Gasteiger partial charge in [-0.25, -0.2) is 0 Å². The SMILES string of the molecule is Cc1ccc(C#N)cc1OCC(O)COCc1ccccc1. The van der Waals surface area contributed by atoms with Gasteiger partial charge < -0.3 is 14.6 Å². The van der Waals surface area contributed by atoms with Gasteiger partial charge in [0.05, 0.1) is 24.8 Å². The Morgan fingerprint density at radius 2 is 1.91 bits per heavy atom. The standard InChI is InChI=1S/C18H19NO3/c1-14-7-8-16(10-19)9-18(14)22-13-17(20)12-21-11-15-5-3-2-4-6-15/h2-9,17,20H,11-13H2,1H3. The van der Waals surface area contributed by atoms with E-state index >= 15 is 0 Å². The van der Waals surface area contributed by atoms with E-state index in [1.807, 2.05) is 43.3 Å². The molecule has 2 aromatic rings. The fourth-order valence-electron chi connectivity index (χ4n) is 1.95. The molecule has 0 saturated carbocycles. The van der Waals surface area contributed by atoms with Crippen molar-refractivity contribution in [2.45, 2.75) is 19.6 Å². The molecular formula is C18H19NO3. The fourth-order valence-corrected chi connectivity index (χ4v) is 1.95. The Balaban J connectivity index is 1.76. The molecule has 0 bridgehead atoms. The highest BCUT2D eigenvalue weighted by molar-refractivity contribution is 5.41. The van der Waals surface area contributed by atoms with Crippen LogP contribution in [-0.2, 0) is 11.3 Å². The van der Waals surface area contributed by atoms with Crippen LogP contribution in [0.4, 0.5) is 0 Å². The number of benzene rings is 2. The summed E-state index contributed by atoms with van der Waals surface area (Å²) < 4.78 is 11.0. The molecule has 0 heterocycles. The van der Waals surface area contributed by atoms with Crippen LogP contribution in [0.3, 0.4) is 0 Å². The maximum Gasteiger partial charge on any atom is 0.123 e.